The van der Waals surface area contributed by atoms with E-state index in [1.165, 1.54) is 6.07 Å². The smallest absolute Gasteiger partial charge is 0.159 e. The van der Waals surface area contributed by atoms with Crippen LogP contribution < -0.4 is 19.5 Å². The lowest BCUT2D eigenvalue weighted by Gasteiger charge is -2.29. The Morgan fingerprint density at radius 2 is 1.52 bits per heavy atom. The summed E-state index contributed by atoms with van der Waals surface area (Å²) in [6, 6.07) is 18.8. The predicted octanol–water partition coefficient (Wildman–Crippen LogP) is 5.70. The third-order valence-corrected chi connectivity index (χ3v) is 9.88. The number of ether oxygens (including phenoxy) is 3. The van der Waals surface area contributed by atoms with Crippen LogP contribution in [0.2, 0.25) is 5.02 Å². The molecule has 1 atom stereocenters. The number of β-amino-alcohol motifs (C(OH)–C–C–N with tert-alkyl or cyclic N) is 1. The van der Waals surface area contributed by atoms with Crippen molar-refractivity contribution < 1.29 is 43.4 Å². The number of hydrogen-bond donors (Lipinski definition) is 5. The number of nitrogens with zero attached hydrogens (tertiary/aromatic N) is 1. The van der Waals surface area contributed by atoms with E-state index < -0.39 is 37.0 Å². The van der Waals surface area contributed by atoms with Gasteiger partial charge in [0.25, 0.3) is 0 Å². The summed E-state index contributed by atoms with van der Waals surface area (Å²) in [7, 11) is 0. The summed E-state index contributed by atoms with van der Waals surface area (Å²) >= 11 is 6.70. The largest absolute Gasteiger partial charge is 0.493 e. The van der Waals surface area contributed by atoms with Crippen LogP contribution >= 0.6 is 11.6 Å². The van der Waals surface area contributed by atoms with E-state index in [0.717, 1.165) is 78.2 Å². The van der Waals surface area contributed by atoms with Crippen molar-refractivity contribution in [2.45, 2.75) is 58.1 Å². The topological polar surface area (TPSA) is 124 Å². The first-order chi connectivity index (χ1) is 25.1. The fourth-order valence-electron chi connectivity index (χ4n) is 6.19. The van der Waals surface area contributed by atoms with E-state index in [1.807, 2.05) is 38.1 Å². The lowest BCUT2D eigenvalue weighted by atomic mass is 9.93. The van der Waals surface area contributed by atoms with Gasteiger partial charge >= 0.3 is 0 Å². The van der Waals surface area contributed by atoms with Gasteiger partial charge in [0.15, 0.2) is 11.6 Å². The average molecular weight is 741 g/mol. The molecule has 280 valence electrons. The summed E-state index contributed by atoms with van der Waals surface area (Å²) in [6.45, 7) is 5.74. The molecule has 4 aromatic rings. The molecule has 1 aliphatic heterocycles. The summed E-state index contributed by atoms with van der Waals surface area (Å²) in [6.07, 6.45) is 1.47. The highest BCUT2D eigenvalue weighted by molar-refractivity contribution is 6.32. The molecule has 9 nitrogen and oxygen atoms in total. The molecule has 1 heterocycles. The third-order valence-electron chi connectivity index (χ3n) is 9.58. The number of halogens is 3. The lowest BCUT2D eigenvalue weighted by molar-refractivity contribution is 0.0412. The van der Waals surface area contributed by atoms with Crippen molar-refractivity contribution in [1.29, 1.82) is 0 Å². The molecule has 5 rings (SSSR count). The Balaban J connectivity index is 1.32. The van der Waals surface area contributed by atoms with Gasteiger partial charge in [-0.15, -0.1) is 0 Å². The second-order valence-corrected chi connectivity index (χ2v) is 13.7. The maximum absolute atomic E-state index is 13.9. The Hall–Kier alpha value is -3.81. The zero-order valence-electron chi connectivity index (χ0n) is 29.5. The molecule has 4 aromatic carbocycles. The van der Waals surface area contributed by atoms with Crippen molar-refractivity contribution in [3.05, 3.63) is 111 Å². The van der Waals surface area contributed by atoms with Gasteiger partial charge in [-0.25, -0.2) is 8.78 Å². The molecule has 1 aliphatic rings. The molecule has 12 heteroatoms. The molecule has 1 saturated heterocycles. The van der Waals surface area contributed by atoms with Crippen LogP contribution in [0.4, 0.5) is 8.78 Å². The number of benzene rings is 4. The van der Waals surface area contributed by atoms with Crippen LogP contribution in [0, 0.1) is 25.5 Å². The van der Waals surface area contributed by atoms with Gasteiger partial charge in [0.05, 0.1) is 43.1 Å². The quantitative estimate of drug-likeness (QED) is 0.0818. The first-order valence-electron chi connectivity index (χ1n) is 17.4. The zero-order valence-corrected chi connectivity index (χ0v) is 30.3. The van der Waals surface area contributed by atoms with Crippen molar-refractivity contribution in [1.82, 2.24) is 10.2 Å². The average Bonchev–Trinajstić information content (AvgIpc) is 3.57. The third kappa shape index (κ3) is 9.78. The van der Waals surface area contributed by atoms with Crippen molar-refractivity contribution in [2.24, 2.45) is 0 Å². The Kier molecular flexibility index (Phi) is 13.9. The van der Waals surface area contributed by atoms with E-state index in [4.69, 9.17) is 25.8 Å². The highest BCUT2D eigenvalue weighted by atomic mass is 35.5. The Bertz CT molecular complexity index is 1800. The van der Waals surface area contributed by atoms with Crippen molar-refractivity contribution in [2.75, 3.05) is 46.1 Å². The molecule has 0 saturated carbocycles. The Labute approximate surface area is 308 Å². The highest BCUT2D eigenvalue weighted by Crippen LogP contribution is 2.36. The second kappa shape index (κ2) is 18.3. The summed E-state index contributed by atoms with van der Waals surface area (Å²) in [4.78, 5) is 2.26. The summed E-state index contributed by atoms with van der Waals surface area (Å²) in [5.74, 6) is -0.500. The van der Waals surface area contributed by atoms with Crippen molar-refractivity contribution in [3.8, 4) is 28.4 Å². The fraction of sp³-hybridized carbons (Fsp3) is 0.400. The van der Waals surface area contributed by atoms with Crippen LogP contribution in [0.3, 0.4) is 0 Å². The maximum atomic E-state index is 13.9. The standard InChI is InChI=1S/C40H47ClF2N2O7/c1-26-29(6-3-7-32(26)33-8-4-9-37(27(33)2)50-15-5-13-45-14-12-31(49)20-45)22-52-39-18-38(51-21-28-10-11-35(42)36(43)16-28)30(17-34(39)41)19-44-40(23-46,24-47)25-48/h3-4,6-11,16-18,31,44,46-49H,5,12-15,19-25H2,1-2H3/t31-/m1/s1. The number of aliphatic hydroxyl groups excluding tert-OH is 4. The molecule has 0 amide bonds. The van der Waals surface area contributed by atoms with Crippen LogP contribution in [0.5, 0.6) is 17.2 Å². The number of aliphatic hydroxyl groups is 4. The molecule has 0 bridgehead atoms. The van der Waals surface area contributed by atoms with Crippen LogP contribution in [0.15, 0.2) is 66.7 Å². The van der Waals surface area contributed by atoms with Crippen LogP contribution in [-0.4, -0.2) is 83.0 Å². The number of likely N-dealkylation sites (tertiary alicyclic amines) is 1. The van der Waals surface area contributed by atoms with Crippen LogP contribution in [0.1, 0.15) is 40.7 Å². The molecule has 0 aromatic heterocycles. The minimum Gasteiger partial charge on any atom is -0.493 e. The Morgan fingerprint density at radius 3 is 2.21 bits per heavy atom. The molecular formula is C40H47ClF2N2O7. The number of nitrogens with one attached hydrogen (secondary N) is 1. The van der Waals surface area contributed by atoms with Crippen LogP contribution in [0.25, 0.3) is 11.1 Å². The molecule has 0 aliphatic carbocycles. The monoisotopic (exact) mass is 740 g/mol. The normalized spacial score (nSPS) is 14.9. The number of rotatable bonds is 18. The van der Waals surface area contributed by atoms with Gasteiger partial charge in [0, 0.05) is 37.8 Å². The fourth-order valence-corrected chi connectivity index (χ4v) is 6.43. The van der Waals surface area contributed by atoms with Crippen molar-refractivity contribution in [3.63, 3.8) is 0 Å². The minimum atomic E-state index is -1.36. The molecule has 1 fully saturated rings. The molecule has 5 N–H and O–H groups in total. The van der Waals surface area contributed by atoms with Gasteiger partial charge in [-0.1, -0.05) is 48.0 Å². The van der Waals surface area contributed by atoms with E-state index in [1.54, 1.807) is 12.1 Å². The van der Waals surface area contributed by atoms with E-state index >= 15 is 0 Å². The summed E-state index contributed by atoms with van der Waals surface area (Å²) in [5, 5.41) is 42.4. The molecule has 52 heavy (non-hydrogen) atoms. The van der Waals surface area contributed by atoms with Gasteiger partial charge in [-0.2, -0.15) is 0 Å². The van der Waals surface area contributed by atoms with Gasteiger partial charge in [0.1, 0.15) is 30.5 Å². The SMILES string of the molecule is Cc1c(COc2cc(OCc3ccc(F)c(F)c3)c(CNC(CO)(CO)CO)cc2Cl)cccc1-c1cccc(OCCCN2CC[C@@H](O)C2)c1C. The molecule has 0 radical (unpaired) electrons. The highest BCUT2D eigenvalue weighted by Gasteiger charge is 2.28. The molecule has 0 unspecified atom stereocenters. The van der Waals surface area contributed by atoms with E-state index in [9.17, 15) is 29.2 Å². The Morgan fingerprint density at radius 1 is 0.808 bits per heavy atom. The predicted molar refractivity (Wildman–Crippen MR) is 196 cm³/mol. The molecular weight excluding hydrogens is 694 g/mol. The van der Waals surface area contributed by atoms with E-state index in [0.29, 0.717) is 29.2 Å². The van der Waals surface area contributed by atoms with Crippen LogP contribution in [-0.2, 0) is 19.8 Å². The minimum absolute atomic E-state index is 0.0423. The van der Waals surface area contributed by atoms with Gasteiger partial charge in [-0.3, -0.25) is 0 Å². The summed E-state index contributed by atoms with van der Waals surface area (Å²) < 4.78 is 45.9. The van der Waals surface area contributed by atoms with E-state index in [-0.39, 0.29) is 30.9 Å². The van der Waals surface area contributed by atoms with Gasteiger partial charge < -0.3 is 44.9 Å². The lowest BCUT2D eigenvalue weighted by Crippen LogP contribution is -2.54. The zero-order chi connectivity index (χ0) is 37.3. The first kappa shape index (κ1) is 39.4. The van der Waals surface area contributed by atoms with Crippen molar-refractivity contribution >= 4 is 11.6 Å². The number of hydrogen-bond acceptors (Lipinski definition) is 9. The second-order valence-electron chi connectivity index (χ2n) is 13.3. The summed E-state index contributed by atoms with van der Waals surface area (Å²) in [5.41, 5.74) is 4.63. The maximum Gasteiger partial charge on any atom is 0.159 e. The van der Waals surface area contributed by atoms with E-state index in [2.05, 4.69) is 22.3 Å². The molecule has 0 spiro atoms. The first-order valence-corrected chi connectivity index (χ1v) is 17.8. The van der Waals surface area contributed by atoms with Gasteiger partial charge in [-0.05, 0) is 84.3 Å². The van der Waals surface area contributed by atoms with Gasteiger partial charge in [0.2, 0.25) is 0 Å².